The topological polar surface area (TPSA) is 67.5 Å². The lowest BCUT2D eigenvalue weighted by atomic mass is 10.2. The molecule has 1 N–H and O–H groups in total. The van der Waals surface area contributed by atoms with Crippen LogP contribution in [0.3, 0.4) is 0 Å². The van der Waals surface area contributed by atoms with Crippen LogP contribution in [0.1, 0.15) is 28.7 Å². The molecule has 5 heteroatoms. The van der Waals surface area contributed by atoms with E-state index in [2.05, 4.69) is 9.97 Å². The van der Waals surface area contributed by atoms with Crippen molar-refractivity contribution in [2.24, 2.45) is 0 Å². The number of aryl methyl sites for hydroxylation is 2. The van der Waals surface area contributed by atoms with Crippen LogP contribution in [0.15, 0.2) is 12.4 Å². The van der Waals surface area contributed by atoms with Gasteiger partial charge in [0.25, 0.3) is 0 Å². The number of aromatic nitrogens is 3. The molecule has 0 fully saturated rings. The number of rotatable bonds is 2. The van der Waals surface area contributed by atoms with E-state index in [1.165, 1.54) is 0 Å². The van der Waals surface area contributed by atoms with Crippen molar-refractivity contribution in [2.75, 3.05) is 0 Å². The van der Waals surface area contributed by atoms with Crippen molar-refractivity contribution in [3.63, 3.8) is 0 Å². The fourth-order valence-electron chi connectivity index (χ4n) is 1.43. The van der Waals surface area contributed by atoms with Gasteiger partial charge in [-0.2, -0.15) is 0 Å². The van der Waals surface area contributed by atoms with Crippen LogP contribution >= 0.6 is 0 Å². The van der Waals surface area contributed by atoms with Crippen LogP contribution in [-0.4, -0.2) is 25.4 Å². The molecule has 15 heavy (non-hydrogen) atoms. The van der Waals surface area contributed by atoms with Gasteiger partial charge in [-0.3, -0.25) is 4.40 Å². The fourth-order valence-corrected chi connectivity index (χ4v) is 1.43. The Morgan fingerprint density at radius 2 is 2.20 bits per heavy atom. The summed E-state index contributed by atoms with van der Waals surface area (Å²) < 4.78 is 1.65. The summed E-state index contributed by atoms with van der Waals surface area (Å²) in [5.74, 6) is -0.414. The number of imidazole rings is 1. The highest BCUT2D eigenvalue weighted by molar-refractivity contribution is 5.88. The normalized spacial score (nSPS) is 10.8. The zero-order valence-electron chi connectivity index (χ0n) is 8.56. The molecule has 0 spiro atoms. The van der Waals surface area contributed by atoms with E-state index in [4.69, 9.17) is 5.11 Å². The van der Waals surface area contributed by atoms with Gasteiger partial charge in [0.05, 0.1) is 17.0 Å². The lowest BCUT2D eigenvalue weighted by Crippen LogP contribution is -2.04. The molecule has 0 aliphatic heterocycles. The number of carbonyl (C=O) groups is 1. The van der Waals surface area contributed by atoms with Crippen molar-refractivity contribution in [2.45, 2.75) is 20.3 Å². The molecule has 0 unspecified atom stereocenters. The minimum atomic E-state index is -0.964. The first-order valence-corrected chi connectivity index (χ1v) is 4.70. The highest BCUT2D eigenvalue weighted by atomic mass is 16.4. The molecule has 0 aliphatic rings. The molecule has 2 heterocycles. The smallest absolute Gasteiger partial charge is 0.339 e. The van der Waals surface area contributed by atoms with E-state index in [0.717, 1.165) is 12.1 Å². The van der Waals surface area contributed by atoms with Crippen LogP contribution in [0.25, 0.3) is 5.78 Å². The lowest BCUT2D eigenvalue weighted by Gasteiger charge is -1.99. The number of carboxylic acid groups (broad SMARTS) is 1. The van der Waals surface area contributed by atoms with E-state index >= 15 is 0 Å². The number of hydrogen-bond acceptors (Lipinski definition) is 3. The number of nitrogens with zero attached hydrogens (tertiary/aromatic N) is 3. The largest absolute Gasteiger partial charge is 0.478 e. The predicted octanol–water partition coefficient (Wildman–Crippen LogP) is 1.30. The standard InChI is InChI=1S/C10H11N3O2/c1-3-7-4-13-5-8(9(14)15)6(2)11-10(13)12-7/h4-5H,3H2,1-2H3,(H,14,15). The summed E-state index contributed by atoms with van der Waals surface area (Å²) in [6.07, 6.45) is 4.16. The molecule has 0 aromatic carbocycles. The molecule has 0 amide bonds. The van der Waals surface area contributed by atoms with Gasteiger partial charge in [0, 0.05) is 12.4 Å². The SMILES string of the molecule is CCc1cn2cc(C(=O)O)c(C)nc2n1. The quantitative estimate of drug-likeness (QED) is 0.802. The van der Waals surface area contributed by atoms with E-state index in [1.54, 1.807) is 23.7 Å². The Morgan fingerprint density at radius 1 is 1.47 bits per heavy atom. The third kappa shape index (κ3) is 1.56. The summed E-state index contributed by atoms with van der Waals surface area (Å²) in [5, 5.41) is 8.92. The summed E-state index contributed by atoms with van der Waals surface area (Å²) in [6.45, 7) is 3.66. The summed E-state index contributed by atoms with van der Waals surface area (Å²) in [4.78, 5) is 19.3. The van der Waals surface area contributed by atoms with Crippen LogP contribution in [0.2, 0.25) is 0 Å². The zero-order chi connectivity index (χ0) is 11.0. The molecule has 0 atom stereocenters. The Balaban J connectivity index is 2.68. The fraction of sp³-hybridized carbons (Fsp3) is 0.300. The second-order valence-corrected chi connectivity index (χ2v) is 3.34. The summed E-state index contributed by atoms with van der Waals surface area (Å²) >= 11 is 0. The second kappa shape index (κ2) is 3.34. The van der Waals surface area contributed by atoms with Gasteiger partial charge in [-0.05, 0) is 13.3 Å². The molecule has 0 saturated carbocycles. The van der Waals surface area contributed by atoms with Gasteiger partial charge >= 0.3 is 5.97 Å². The molecule has 2 aromatic heterocycles. The number of hydrogen-bond donors (Lipinski definition) is 1. The molecular weight excluding hydrogens is 194 g/mol. The minimum absolute atomic E-state index is 0.211. The van der Waals surface area contributed by atoms with Gasteiger partial charge in [-0.15, -0.1) is 0 Å². The van der Waals surface area contributed by atoms with Crippen LogP contribution in [-0.2, 0) is 6.42 Å². The van der Waals surface area contributed by atoms with Crippen molar-refractivity contribution in [1.29, 1.82) is 0 Å². The monoisotopic (exact) mass is 205 g/mol. The second-order valence-electron chi connectivity index (χ2n) is 3.34. The van der Waals surface area contributed by atoms with E-state index in [1.807, 2.05) is 6.92 Å². The maximum atomic E-state index is 10.9. The van der Waals surface area contributed by atoms with Crippen molar-refractivity contribution in [3.05, 3.63) is 29.3 Å². The molecule has 5 nitrogen and oxygen atoms in total. The third-order valence-electron chi connectivity index (χ3n) is 2.28. The molecule has 78 valence electrons. The molecular formula is C10H11N3O2. The Morgan fingerprint density at radius 3 is 2.80 bits per heavy atom. The number of fused-ring (bicyclic) bond motifs is 1. The van der Waals surface area contributed by atoms with E-state index < -0.39 is 5.97 Å². The highest BCUT2D eigenvalue weighted by Gasteiger charge is 2.11. The first-order valence-electron chi connectivity index (χ1n) is 4.70. The molecule has 0 saturated heterocycles. The first kappa shape index (κ1) is 9.64. The zero-order valence-corrected chi connectivity index (χ0v) is 8.56. The van der Waals surface area contributed by atoms with Gasteiger partial charge in [-0.1, -0.05) is 6.92 Å². The van der Waals surface area contributed by atoms with Crippen molar-refractivity contribution in [1.82, 2.24) is 14.4 Å². The molecule has 2 rings (SSSR count). The maximum Gasteiger partial charge on any atom is 0.339 e. The Labute approximate surface area is 86.4 Å². The summed E-state index contributed by atoms with van der Waals surface area (Å²) in [6, 6.07) is 0. The van der Waals surface area contributed by atoms with Crippen LogP contribution in [0, 0.1) is 6.92 Å². The Kier molecular flexibility index (Phi) is 2.15. The lowest BCUT2D eigenvalue weighted by molar-refractivity contribution is 0.0695. The Hall–Kier alpha value is -1.91. The van der Waals surface area contributed by atoms with E-state index in [0.29, 0.717) is 11.5 Å². The summed E-state index contributed by atoms with van der Waals surface area (Å²) in [7, 11) is 0. The molecule has 0 radical (unpaired) electrons. The maximum absolute atomic E-state index is 10.9. The van der Waals surface area contributed by atoms with Crippen LogP contribution in [0.5, 0.6) is 0 Å². The van der Waals surface area contributed by atoms with Gasteiger partial charge < -0.3 is 5.11 Å². The summed E-state index contributed by atoms with van der Waals surface area (Å²) in [5.41, 5.74) is 1.61. The molecule has 0 bridgehead atoms. The average molecular weight is 205 g/mol. The van der Waals surface area contributed by atoms with Crippen LogP contribution in [0.4, 0.5) is 0 Å². The van der Waals surface area contributed by atoms with Gasteiger partial charge in [0.15, 0.2) is 0 Å². The molecule has 2 aromatic rings. The van der Waals surface area contributed by atoms with E-state index in [9.17, 15) is 4.79 Å². The minimum Gasteiger partial charge on any atom is -0.478 e. The van der Waals surface area contributed by atoms with Gasteiger partial charge in [-0.25, -0.2) is 14.8 Å². The number of carboxylic acids is 1. The van der Waals surface area contributed by atoms with Gasteiger partial charge in [0.1, 0.15) is 0 Å². The van der Waals surface area contributed by atoms with Gasteiger partial charge in [0.2, 0.25) is 5.78 Å². The van der Waals surface area contributed by atoms with E-state index in [-0.39, 0.29) is 5.56 Å². The number of aromatic carboxylic acids is 1. The molecule has 0 aliphatic carbocycles. The first-order chi connectivity index (χ1) is 7.11. The predicted molar refractivity (Wildman–Crippen MR) is 54.1 cm³/mol. The van der Waals surface area contributed by atoms with Crippen molar-refractivity contribution < 1.29 is 9.90 Å². The third-order valence-corrected chi connectivity index (χ3v) is 2.28. The highest BCUT2D eigenvalue weighted by Crippen LogP contribution is 2.09. The van der Waals surface area contributed by atoms with Crippen molar-refractivity contribution >= 4 is 11.7 Å². The Bertz CT molecular complexity index is 531. The van der Waals surface area contributed by atoms with Crippen molar-refractivity contribution in [3.8, 4) is 0 Å². The average Bonchev–Trinajstić information content (AvgIpc) is 2.58. The van der Waals surface area contributed by atoms with Crippen LogP contribution < -0.4 is 0 Å².